The molecule has 0 heterocycles. The number of hydrogen-bond acceptors (Lipinski definition) is 5. The highest BCUT2D eigenvalue weighted by atomic mass is 28.4. The van der Waals surface area contributed by atoms with Crippen molar-refractivity contribution in [2.75, 3.05) is 32.9 Å². The third kappa shape index (κ3) is 8.44. The van der Waals surface area contributed by atoms with Crippen molar-refractivity contribution in [3.63, 3.8) is 0 Å². The Morgan fingerprint density at radius 2 is 1.31 bits per heavy atom. The van der Waals surface area contributed by atoms with Gasteiger partial charge in [-0.2, -0.15) is 0 Å². The predicted octanol–water partition coefficient (Wildman–Crippen LogP) is 5.95. The predicted molar refractivity (Wildman–Crippen MR) is 128 cm³/mol. The number of hydrogen-bond donors (Lipinski definition) is 0. The van der Waals surface area contributed by atoms with E-state index in [2.05, 4.69) is 52.7 Å². The van der Waals surface area contributed by atoms with Crippen molar-refractivity contribution in [3.8, 4) is 0 Å². The Morgan fingerprint density at radius 3 is 1.69 bits per heavy atom. The van der Waals surface area contributed by atoms with E-state index in [0.717, 1.165) is 25.6 Å². The van der Waals surface area contributed by atoms with Crippen molar-refractivity contribution in [1.29, 1.82) is 0 Å². The van der Waals surface area contributed by atoms with Crippen LogP contribution in [-0.2, 0) is 18.4 Å². The molecular formula is C22H49NO4Si2. The van der Waals surface area contributed by atoms with Crippen molar-refractivity contribution in [2.24, 2.45) is 0 Å². The highest BCUT2D eigenvalue weighted by Gasteiger charge is 2.48. The fourth-order valence-electron chi connectivity index (χ4n) is 5.44. The molecule has 0 N–H and O–H groups in total. The van der Waals surface area contributed by atoms with Crippen molar-refractivity contribution < 1.29 is 18.4 Å². The molecule has 0 aliphatic heterocycles. The van der Waals surface area contributed by atoms with Gasteiger partial charge in [-0.05, 0) is 63.0 Å². The molecule has 0 fully saturated rings. The van der Waals surface area contributed by atoms with Crippen LogP contribution in [0.25, 0.3) is 0 Å². The Balaban J connectivity index is 5.54. The van der Waals surface area contributed by atoms with Crippen molar-refractivity contribution >= 4 is 22.8 Å². The van der Waals surface area contributed by atoms with Crippen LogP contribution < -0.4 is 0 Å². The van der Waals surface area contributed by atoms with Gasteiger partial charge in [-0.25, -0.2) is 0 Å². The number of ether oxygens (including phenoxy) is 1. The van der Waals surface area contributed by atoms with Crippen LogP contribution in [0.2, 0.25) is 29.2 Å². The summed E-state index contributed by atoms with van der Waals surface area (Å²) in [6.45, 7) is 26.1. The number of rotatable bonds is 16. The first kappa shape index (κ1) is 28.8. The minimum atomic E-state index is -2.12. The zero-order valence-electron chi connectivity index (χ0n) is 21.0. The van der Waals surface area contributed by atoms with E-state index >= 15 is 0 Å². The van der Waals surface area contributed by atoms with Crippen LogP contribution in [0, 0.1) is 0 Å². The van der Waals surface area contributed by atoms with E-state index < -0.39 is 16.8 Å². The zero-order chi connectivity index (χ0) is 22.7. The maximum absolute atomic E-state index is 12.1. The molecule has 0 spiro atoms. The van der Waals surface area contributed by atoms with E-state index in [1.807, 2.05) is 20.8 Å². The minimum Gasteiger partial charge on any atom is -0.466 e. The Bertz CT molecular complexity index is 430. The summed E-state index contributed by atoms with van der Waals surface area (Å²) in [6, 6.07) is 0.989. The molecule has 5 nitrogen and oxygen atoms in total. The Hall–Kier alpha value is -0.216. The van der Waals surface area contributed by atoms with Crippen LogP contribution in [-0.4, -0.2) is 60.2 Å². The van der Waals surface area contributed by atoms with Gasteiger partial charge in [0.15, 0.2) is 0 Å². The van der Waals surface area contributed by atoms with Gasteiger partial charge in [0.1, 0.15) is 8.24 Å². The highest BCUT2D eigenvalue weighted by Crippen LogP contribution is 2.44. The first-order chi connectivity index (χ1) is 13.5. The molecule has 174 valence electrons. The standard InChI is InChI=1S/C22H49NO4Si2/c1-11-25-22(24)15-17-23(29(19(4)5,20(6)7)21(8)9)16-14-18-28(10,26-12-2)27-13-3/h19-21H,11-18H2,1-10H3. The number of carbonyl (C=O) groups is 1. The third-order valence-electron chi connectivity index (χ3n) is 6.17. The lowest BCUT2D eigenvalue weighted by molar-refractivity contribution is -0.143. The maximum atomic E-state index is 12.1. The lowest BCUT2D eigenvalue weighted by atomic mass is 10.4. The maximum Gasteiger partial charge on any atom is 0.334 e. The zero-order valence-corrected chi connectivity index (χ0v) is 23.0. The van der Waals surface area contributed by atoms with E-state index in [9.17, 15) is 4.79 Å². The van der Waals surface area contributed by atoms with E-state index in [0.29, 0.717) is 42.9 Å². The summed E-state index contributed by atoms with van der Waals surface area (Å²) >= 11 is 0. The van der Waals surface area contributed by atoms with Gasteiger partial charge in [0.2, 0.25) is 0 Å². The minimum absolute atomic E-state index is 0.0838. The van der Waals surface area contributed by atoms with Crippen LogP contribution in [0.3, 0.4) is 0 Å². The van der Waals surface area contributed by atoms with Gasteiger partial charge in [-0.1, -0.05) is 41.5 Å². The SMILES string of the molecule is CCOC(=O)CCN(CCC[Si](C)(OCC)OCC)[Si](C(C)C)(C(C)C)C(C)C. The summed E-state index contributed by atoms with van der Waals surface area (Å²) in [5, 5.41) is 0. The molecule has 0 saturated carbocycles. The normalized spacial score (nSPS) is 13.2. The van der Waals surface area contributed by atoms with Gasteiger partial charge in [-0.15, -0.1) is 0 Å². The summed E-state index contributed by atoms with van der Waals surface area (Å²) in [5.41, 5.74) is 1.85. The molecule has 0 rings (SSSR count). The number of carbonyl (C=O) groups excluding carboxylic acids is 1. The largest absolute Gasteiger partial charge is 0.466 e. The molecule has 0 aliphatic carbocycles. The second-order valence-corrected chi connectivity index (χ2v) is 18.2. The molecule has 0 aromatic carbocycles. The summed E-state index contributed by atoms with van der Waals surface area (Å²) in [7, 11) is -3.94. The van der Waals surface area contributed by atoms with Gasteiger partial charge in [0.05, 0.1) is 13.0 Å². The van der Waals surface area contributed by atoms with E-state index in [4.69, 9.17) is 13.6 Å². The molecule has 0 saturated heterocycles. The van der Waals surface area contributed by atoms with Crippen molar-refractivity contribution in [3.05, 3.63) is 0 Å². The smallest absolute Gasteiger partial charge is 0.334 e. The Labute approximate surface area is 183 Å². The monoisotopic (exact) mass is 447 g/mol. The summed E-state index contributed by atoms with van der Waals surface area (Å²) < 4.78 is 20.0. The number of esters is 1. The number of nitrogens with zero attached hydrogens (tertiary/aromatic N) is 1. The molecule has 0 atom stereocenters. The van der Waals surface area contributed by atoms with E-state index in [1.54, 1.807) is 0 Å². The quantitative estimate of drug-likeness (QED) is 0.216. The molecule has 0 aromatic rings. The second kappa shape index (κ2) is 14.0. The van der Waals surface area contributed by atoms with Crippen LogP contribution in [0.1, 0.15) is 75.2 Å². The Morgan fingerprint density at radius 1 is 0.828 bits per heavy atom. The first-order valence-electron chi connectivity index (χ1n) is 11.7. The summed E-state index contributed by atoms with van der Waals surface area (Å²) in [6.07, 6.45) is 1.52. The first-order valence-corrected chi connectivity index (χ1v) is 16.4. The average molecular weight is 448 g/mol. The average Bonchev–Trinajstić information content (AvgIpc) is 2.59. The second-order valence-electron chi connectivity index (χ2n) is 9.00. The lowest BCUT2D eigenvalue weighted by Gasteiger charge is -2.51. The van der Waals surface area contributed by atoms with Crippen LogP contribution in [0.4, 0.5) is 0 Å². The topological polar surface area (TPSA) is 48.0 Å². The molecule has 0 radical (unpaired) electrons. The molecule has 0 amide bonds. The van der Waals surface area contributed by atoms with Crippen molar-refractivity contribution in [1.82, 2.24) is 4.57 Å². The van der Waals surface area contributed by atoms with Gasteiger partial charge in [0.25, 0.3) is 0 Å². The molecule has 29 heavy (non-hydrogen) atoms. The molecule has 7 heteroatoms. The molecule has 0 unspecified atom stereocenters. The molecule has 0 aromatic heterocycles. The van der Waals surface area contributed by atoms with Gasteiger partial charge in [0, 0.05) is 19.8 Å². The van der Waals surface area contributed by atoms with Crippen LogP contribution in [0.5, 0.6) is 0 Å². The Kier molecular flexibility index (Phi) is 13.9. The van der Waals surface area contributed by atoms with Crippen LogP contribution >= 0.6 is 0 Å². The van der Waals surface area contributed by atoms with Gasteiger partial charge in [-0.3, -0.25) is 4.79 Å². The fourth-order valence-corrected chi connectivity index (χ4v) is 15.1. The lowest BCUT2D eigenvalue weighted by Crippen LogP contribution is -2.61. The van der Waals surface area contributed by atoms with Crippen molar-refractivity contribution in [2.45, 2.75) is 104 Å². The highest BCUT2D eigenvalue weighted by molar-refractivity contribution is 6.81. The van der Waals surface area contributed by atoms with E-state index in [1.165, 1.54) is 0 Å². The molecule has 0 bridgehead atoms. The van der Waals surface area contributed by atoms with Gasteiger partial charge < -0.3 is 18.2 Å². The summed E-state index contributed by atoms with van der Waals surface area (Å²) in [5.74, 6) is -0.0838. The van der Waals surface area contributed by atoms with Gasteiger partial charge >= 0.3 is 14.5 Å². The molecular weight excluding hydrogens is 398 g/mol. The van der Waals surface area contributed by atoms with E-state index in [-0.39, 0.29) is 5.97 Å². The molecule has 0 aliphatic rings. The van der Waals surface area contributed by atoms with Crippen LogP contribution in [0.15, 0.2) is 0 Å². The third-order valence-corrected chi connectivity index (χ3v) is 16.3. The summed E-state index contributed by atoms with van der Waals surface area (Å²) in [4.78, 5) is 12.1. The fraction of sp³-hybridized carbons (Fsp3) is 0.955.